The van der Waals surface area contributed by atoms with Gasteiger partial charge in [-0.15, -0.1) is 11.3 Å². The lowest BCUT2D eigenvalue weighted by atomic mass is 9.84. The number of fused-ring (bicyclic) bond motifs is 2. The summed E-state index contributed by atoms with van der Waals surface area (Å²) in [4.78, 5) is 45.2. The molecule has 0 bridgehead atoms. The first-order valence-electron chi connectivity index (χ1n) is 10.7. The van der Waals surface area contributed by atoms with Gasteiger partial charge in [-0.2, -0.15) is 0 Å². The Morgan fingerprint density at radius 2 is 2.00 bits per heavy atom. The molecule has 0 saturated carbocycles. The van der Waals surface area contributed by atoms with Gasteiger partial charge in [-0.1, -0.05) is 18.2 Å². The maximum absolute atomic E-state index is 13.3. The highest BCUT2D eigenvalue weighted by atomic mass is 32.1. The van der Waals surface area contributed by atoms with Crippen LogP contribution in [0.25, 0.3) is 11.3 Å². The van der Waals surface area contributed by atoms with Crippen molar-refractivity contribution in [1.29, 1.82) is 0 Å². The quantitative estimate of drug-likeness (QED) is 0.545. The molecular weight excluding hydrogens is 456 g/mol. The number of ether oxygens (including phenoxy) is 2. The fourth-order valence-corrected chi connectivity index (χ4v) is 5.14. The standard InChI is InChI=1S/C24H22N4O5S/c1-14-20(15-7-9-16(32-2)10-8-15)26-22(34-14)25-19(29)13-28-21(30)24(27-23(28)31)11-12-33-18-6-4-3-5-17(18)24/h3-10H,11-13H2,1-2H3,(H,27,31)(H,25,26,29). The lowest BCUT2D eigenvalue weighted by molar-refractivity contribution is -0.135. The van der Waals surface area contributed by atoms with E-state index >= 15 is 0 Å². The van der Waals surface area contributed by atoms with E-state index in [-0.39, 0.29) is 6.61 Å². The lowest BCUT2D eigenvalue weighted by Gasteiger charge is -2.33. The molecule has 2 N–H and O–H groups in total. The SMILES string of the molecule is COc1ccc(-c2nc(NC(=O)CN3C(=O)NC4(CCOc5ccccc54)C3=O)sc2C)cc1. The molecule has 10 heteroatoms. The summed E-state index contributed by atoms with van der Waals surface area (Å²) in [6.07, 6.45) is 0.295. The molecule has 174 valence electrons. The van der Waals surface area contributed by atoms with Crippen LogP contribution in [0.2, 0.25) is 0 Å². The van der Waals surface area contributed by atoms with Gasteiger partial charge in [-0.25, -0.2) is 9.78 Å². The normalized spacial score (nSPS) is 18.9. The molecule has 5 rings (SSSR count). The predicted octanol–water partition coefficient (Wildman–Crippen LogP) is 3.30. The number of aryl methyl sites for hydroxylation is 1. The third kappa shape index (κ3) is 3.65. The molecule has 2 aliphatic rings. The molecule has 1 aromatic heterocycles. The molecule has 34 heavy (non-hydrogen) atoms. The van der Waals surface area contributed by atoms with Crippen molar-refractivity contribution in [3.05, 3.63) is 59.0 Å². The Kier molecular flexibility index (Phi) is 5.45. The molecule has 1 saturated heterocycles. The van der Waals surface area contributed by atoms with Gasteiger partial charge in [0.05, 0.1) is 19.4 Å². The van der Waals surface area contributed by atoms with Crippen LogP contribution >= 0.6 is 11.3 Å². The zero-order chi connectivity index (χ0) is 23.9. The number of rotatable bonds is 5. The van der Waals surface area contributed by atoms with Gasteiger partial charge in [0, 0.05) is 22.4 Å². The van der Waals surface area contributed by atoms with Crippen LogP contribution in [-0.2, 0) is 15.1 Å². The van der Waals surface area contributed by atoms with Crippen molar-refractivity contribution in [3.8, 4) is 22.8 Å². The van der Waals surface area contributed by atoms with E-state index in [1.807, 2.05) is 31.2 Å². The van der Waals surface area contributed by atoms with Crippen molar-refractivity contribution >= 4 is 34.3 Å². The van der Waals surface area contributed by atoms with Crippen molar-refractivity contribution in [3.63, 3.8) is 0 Å². The molecule has 1 fully saturated rings. The van der Waals surface area contributed by atoms with E-state index in [0.717, 1.165) is 26.8 Å². The van der Waals surface area contributed by atoms with E-state index in [9.17, 15) is 14.4 Å². The number of amides is 4. The van der Waals surface area contributed by atoms with Crippen LogP contribution in [0.1, 0.15) is 16.9 Å². The second kappa shape index (κ2) is 8.45. The fourth-order valence-electron chi connectivity index (χ4n) is 4.28. The minimum Gasteiger partial charge on any atom is -0.497 e. The highest BCUT2D eigenvalue weighted by molar-refractivity contribution is 7.16. The number of thiazole rings is 1. The Bertz CT molecular complexity index is 1290. The monoisotopic (exact) mass is 478 g/mol. The fraction of sp³-hybridized carbons (Fsp3) is 0.250. The van der Waals surface area contributed by atoms with E-state index in [4.69, 9.17) is 9.47 Å². The maximum Gasteiger partial charge on any atom is 0.325 e. The zero-order valence-electron chi connectivity index (χ0n) is 18.6. The number of para-hydroxylation sites is 1. The van der Waals surface area contributed by atoms with E-state index in [1.54, 1.807) is 31.4 Å². The average molecular weight is 479 g/mol. The van der Waals surface area contributed by atoms with Crippen LogP contribution in [0.5, 0.6) is 11.5 Å². The molecule has 0 radical (unpaired) electrons. The number of carbonyl (C=O) groups is 3. The van der Waals surface area contributed by atoms with Crippen LogP contribution in [0.15, 0.2) is 48.5 Å². The number of imide groups is 1. The van der Waals surface area contributed by atoms with Crippen molar-refractivity contribution in [2.24, 2.45) is 0 Å². The van der Waals surface area contributed by atoms with E-state index in [0.29, 0.717) is 22.9 Å². The molecule has 4 amide bonds. The third-order valence-electron chi connectivity index (χ3n) is 5.97. The molecule has 9 nitrogen and oxygen atoms in total. The summed E-state index contributed by atoms with van der Waals surface area (Å²) in [7, 11) is 1.60. The van der Waals surface area contributed by atoms with Gasteiger partial charge in [0.15, 0.2) is 10.7 Å². The molecule has 1 unspecified atom stereocenters. The molecule has 0 aliphatic carbocycles. The number of nitrogens with zero attached hydrogens (tertiary/aromatic N) is 2. The van der Waals surface area contributed by atoms with E-state index in [1.165, 1.54) is 11.3 Å². The number of hydrogen-bond donors (Lipinski definition) is 2. The number of hydrogen-bond acceptors (Lipinski definition) is 7. The number of methoxy groups -OCH3 is 1. The van der Waals surface area contributed by atoms with E-state index < -0.39 is 29.9 Å². The summed E-state index contributed by atoms with van der Waals surface area (Å²) in [6.45, 7) is 1.79. The molecule has 3 aromatic rings. The van der Waals surface area contributed by atoms with Gasteiger partial charge in [0.25, 0.3) is 5.91 Å². The average Bonchev–Trinajstić information content (AvgIpc) is 3.31. The number of nitrogens with one attached hydrogen (secondary N) is 2. The van der Waals surface area contributed by atoms with Crippen LogP contribution < -0.4 is 20.1 Å². The minimum atomic E-state index is -1.22. The maximum atomic E-state index is 13.3. The Hall–Kier alpha value is -3.92. The third-order valence-corrected chi connectivity index (χ3v) is 6.85. The lowest BCUT2D eigenvalue weighted by Crippen LogP contribution is -2.48. The Labute approximate surface area is 199 Å². The van der Waals surface area contributed by atoms with Gasteiger partial charge in [0.1, 0.15) is 18.0 Å². The van der Waals surface area contributed by atoms with Gasteiger partial charge in [0.2, 0.25) is 5.91 Å². The van der Waals surface area contributed by atoms with Crippen LogP contribution in [0.4, 0.5) is 9.93 Å². The first-order chi connectivity index (χ1) is 16.4. The molecule has 1 spiro atoms. The van der Waals surface area contributed by atoms with Crippen molar-refractivity contribution in [2.75, 3.05) is 25.6 Å². The Morgan fingerprint density at radius 3 is 2.76 bits per heavy atom. The largest absolute Gasteiger partial charge is 0.497 e. The summed E-state index contributed by atoms with van der Waals surface area (Å²) >= 11 is 1.32. The summed E-state index contributed by atoms with van der Waals surface area (Å²) in [5.74, 6) is 0.329. The number of urea groups is 1. The summed E-state index contributed by atoms with van der Waals surface area (Å²) < 4.78 is 10.8. The zero-order valence-corrected chi connectivity index (χ0v) is 19.4. The highest BCUT2D eigenvalue weighted by Crippen LogP contribution is 2.41. The van der Waals surface area contributed by atoms with Gasteiger partial charge >= 0.3 is 6.03 Å². The number of aromatic nitrogens is 1. The van der Waals surface area contributed by atoms with E-state index in [2.05, 4.69) is 15.6 Å². The first-order valence-corrected chi connectivity index (χ1v) is 11.5. The Balaban J connectivity index is 1.31. The number of anilines is 1. The molecule has 2 aliphatic heterocycles. The van der Waals surface area contributed by atoms with Gasteiger partial charge < -0.3 is 20.1 Å². The topological polar surface area (TPSA) is 110 Å². The van der Waals surface area contributed by atoms with Crippen molar-refractivity contribution < 1.29 is 23.9 Å². The number of carbonyl (C=O) groups excluding carboxylic acids is 3. The summed E-state index contributed by atoms with van der Waals surface area (Å²) in [5.41, 5.74) is 1.02. The number of benzene rings is 2. The minimum absolute atomic E-state index is 0.287. The second-order valence-corrected chi connectivity index (χ2v) is 9.23. The molecular formula is C24H22N4O5S. The molecule has 2 aromatic carbocycles. The smallest absolute Gasteiger partial charge is 0.325 e. The second-order valence-electron chi connectivity index (χ2n) is 8.02. The van der Waals surface area contributed by atoms with Crippen LogP contribution in [-0.4, -0.2) is 48.0 Å². The van der Waals surface area contributed by atoms with Gasteiger partial charge in [-0.3, -0.25) is 14.5 Å². The molecule has 1 atom stereocenters. The molecule has 3 heterocycles. The van der Waals surface area contributed by atoms with Crippen molar-refractivity contribution in [2.45, 2.75) is 18.9 Å². The Morgan fingerprint density at radius 1 is 1.24 bits per heavy atom. The summed E-state index contributed by atoms with van der Waals surface area (Å²) in [5, 5.41) is 5.91. The predicted molar refractivity (Wildman–Crippen MR) is 126 cm³/mol. The first kappa shape index (κ1) is 21.9. The highest BCUT2D eigenvalue weighted by Gasteiger charge is 2.55. The van der Waals surface area contributed by atoms with Crippen LogP contribution in [0, 0.1) is 6.92 Å². The summed E-state index contributed by atoms with van der Waals surface area (Å²) in [6, 6.07) is 14.0. The van der Waals surface area contributed by atoms with Gasteiger partial charge in [-0.05, 0) is 37.3 Å². The van der Waals surface area contributed by atoms with Crippen LogP contribution in [0.3, 0.4) is 0 Å². The van der Waals surface area contributed by atoms with Crippen molar-refractivity contribution in [1.82, 2.24) is 15.2 Å².